The zero-order valence-corrected chi connectivity index (χ0v) is 10.6. The van der Waals surface area contributed by atoms with Gasteiger partial charge in [-0.2, -0.15) is 4.98 Å². The quantitative estimate of drug-likeness (QED) is 0.861. The van der Waals surface area contributed by atoms with Crippen molar-refractivity contribution in [1.29, 1.82) is 0 Å². The lowest BCUT2D eigenvalue weighted by atomic mass is 10.1. The average Bonchev–Trinajstić information content (AvgIpc) is 3.07. The van der Waals surface area contributed by atoms with Gasteiger partial charge >= 0.3 is 0 Å². The van der Waals surface area contributed by atoms with E-state index in [9.17, 15) is 4.79 Å². The number of benzene rings is 1. The number of aromatic nitrogens is 2. The molecular formula is C13H14N4O2. The minimum Gasteiger partial charge on any atom is -0.349 e. The van der Waals surface area contributed by atoms with Crippen molar-refractivity contribution >= 4 is 5.91 Å². The molecule has 0 aliphatic carbocycles. The Bertz CT molecular complexity index is 621. The molecule has 6 heteroatoms. The second-order valence-electron chi connectivity index (χ2n) is 4.37. The number of carbonyl (C=O) groups is 1. The SMILES string of the molecule is CCNC(=O)c1noc(-c2ccc3c(c2)CNC3)n1. The topological polar surface area (TPSA) is 80.0 Å². The second-order valence-corrected chi connectivity index (χ2v) is 4.37. The van der Waals surface area contributed by atoms with Crippen LogP contribution in [0.4, 0.5) is 0 Å². The highest BCUT2D eigenvalue weighted by Crippen LogP contribution is 2.23. The van der Waals surface area contributed by atoms with Crippen molar-refractivity contribution in [3.05, 3.63) is 35.2 Å². The fourth-order valence-corrected chi connectivity index (χ4v) is 2.10. The van der Waals surface area contributed by atoms with Crippen molar-refractivity contribution in [1.82, 2.24) is 20.8 Å². The molecule has 1 aromatic carbocycles. The van der Waals surface area contributed by atoms with Crippen LogP contribution in [-0.2, 0) is 13.1 Å². The minimum atomic E-state index is -0.319. The molecule has 0 unspecified atom stereocenters. The Hall–Kier alpha value is -2.21. The van der Waals surface area contributed by atoms with Crippen LogP contribution in [0, 0.1) is 0 Å². The summed E-state index contributed by atoms with van der Waals surface area (Å²) >= 11 is 0. The zero-order valence-electron chi connectivity index (χ0n) is 10.6. The molecule has 1 aliphatic rings. The normalized spacial score (nSPS) is 13.3. The van der Waals surface area contributed by atoms with Crippen LogP contribution in [0.2, 0.25) is 0 Å². The second kappa shape index (κ2) is 4.81. The van der Waals surface area contributed by atoms with Gasteiger partial charge < -0.3 is 15.2 Å². The summed E-state index contributed by atoms with van der Waals surface area (Å²) in [6.07, 6.45) is 0. The van der Waals surface area contributed by atoms with Gasteiger partial charge in [0, 0.05) is 25.2 Å². The van der Waals surface area contributed by atoms with Crippen LogP contribution in [0.3, 0.4) is 0 Å². The Morgan fingerprint density at radius 2 is 2.26 bits per heavy atom. The van der Waals surface area contributed by atoms with E-state index in [0.717, 1.165) is 18.7 Å². The molecule has 2 heterocycles. The van der Waals surface area contributed by atoms with Gasteiger partial charge in [0.15, 0.2) is 0 Å². The predicted octanol–water partition coefficient (Wildman–Crippen LogP) is 1.09. The number of nitrogens with zero attached hydrogens (tertiary/aromatic N) is 2. The first-order chi connectivity index (χ1) is 9.28. The third-order valence-corrected chi connectivity index (χ3v) is 3.05. The van der Waals surface area contributed by atoms with Gasteiger partial charge in [-0.05, 0) is 30.2 Å². The number of rotatable bonds is 3. The first-order valence-corrected chi connectivity index (χ1v) is 6.22. The molecule has 0 bridgehead atoms. The summed E-state index contributed by atoms with van der Waals surface area (Å²) in [5, 5.41) is 9.60. The van der Waals surface area contributed by atoms with Gasteiger partial charge in [0.25, 0.3) is 17.6 Å². The fraction of sp³-hybridized carbons (Fsp3) is 0.308. The molecule has 98 valence electrons. The summed E-state index contributed by atoms with van der Waals surface area (Å²) in [7, 11) is 0. The summed E-state index contributed by atoms with van der Waals surface area (Å²) in [6, 6.07) is 5.99. The molecule has 3 rings (SSSR count). The average molecular weight is 258 g/mol. The van der Waals surface area contributed by atoms with Crippen LogP contribution < -0.4 is 10.6 Å². The molecule has 1 amide bonds. The fourth-order valence-electron chi connectivity index (χ4n) is 2.10. The van der Waals surface area contributed by atoms with E-state index in [1.165, 1.54) is 11.1 Å². The maximum atomic E-state index is 11.6. The Morgan fingerprint density at radius 1 is 1.42 bits per heavy atom. The van der Waals surface area contributed by atoms with Crippen LogP contribution in [0.5, 0.6) is 0 Å². The Balaban J connectivity index is 1.88. The zero-order chi connectivity index (χ0) is 13.2. The van der Waals surface area contributed by atoms with Crippen molar-refractivity contribution in [2.24, 2.45) is 0 Å². The molecule has 0 saturated heterocycles. The number of amides is 1. The molecule has 2 N–H and O–H groups in total. The van der Waals surface area contributed by atoms with Crippen LogP contribution in [0.15, 0.2) is 22.7 Å². The molecule has 0 radical (unpaired) electrons. The van der Waals surface area contributed by atoms with E-state index in [1.807, 2.05) is 25.1 Å². The molecule has 6 nitrogen and oxygen atoms in total. The maximum absolute atomic E-state index is 11.6. The monoisotopic (exact) mass is 258 g/mol. The predicted molar refractivity (Wildman–Crippen MR) is 68.3 cm³/mol. The lowest BCUT2D eigenvalue weighted by Crippen LogP contribution is -2.23. The highest BCUT2D eigenvalue weighted by atomic mass is 16.5. The van der Waals surface area contributed by atoms with Crippen molar-refractivity contribution in [3.8, 4) is 11.5 Å². The lowest BCUT2D eigenvalue weighted by Gasteiger charge is -1.99. The third-order valence-electron chi connectivity index (χ3n) is 3.05. The Kier molecular flexibility index (Phi) is 3.00. The molecule has 2 aromatic rings. The molecule has 0 fully saturated rings. The summed E-state index contributed by atoms with van der Waals surface area (Å²) in [6.45, 7) is 4.11. The molecule has 0 saturated carbocycles. The van der Waals surface area contributed by atoms with Gasteiger partial charge in [-0.15, -0.1) is 0 Å². The first-order valence-electron chi connectivity index (χ1n) is 6.22. The van der Waals surface area contributed by atoms with Gasteiger partial charge in [0.05, 0.1) is 0 Å². The molecule has 0 atom stereocenters. The van der Waals surface area contributed by atoms with E-state index in [2.05, 4.69) is 20.8 Å². The third kappa shape index (κ3) is 2.22. The minimum absolute atomic E-state index is 0.0653. The highest BCUT2D eigenvalue weighted by Gasteiger charge is 2.17. The summed E-state index contributed by atoms with van der Waals surface area (Å²) < 4.78 is 5.14. The van der Waals surface area contributed by atoms with Crippen LogP contribution >= 0.6 is 0 Å². The molecule has 1 aromatic heterocycles. The number of hydrogen-bond acceptors (Lipinski definition) is 5. The molecule has 1 aliphatic heterocycles. The summed E-state index contributed by atoms with van der Waals surface area (Å²) in [5.74, 6) is 0.117. The standard InChI is InChI=1S/C13H14N4O2/c1-2-15-12(18)11-16-13(19-17-11)8-3-4-9-6-14-7-10(9)5-8/h3-5,14H,2,6-7H2,1H3,(H,15,18). The Morgan fingerprint density at radius 3 is 3.11 bits per heavy atom. The van der Waals surface area contributed by atoms with E-state index >= 15 is 0 Å². The number of carbonyl (C=O) groups excluding carboxylic acids is 1. The van der Waals surface area contributed by atoms with Crippen LogP contribution in [0.1, 0.15) is 28.7 Å². The maximum Gasteiger partial charge on any atom is 0.292 e. The van der Waals surface area contributed by atoms with E-state index in [1.54, 1.807) is 0 Å². The lowest BCUT2D eigenvalue weighted by molar-refractivity contribution is 0.0942. The van der Waals surface area contributed by atoms with E-state index in [0.29, 0.717) is 12.4 Å². The van der Waals surface area contributed by atoms with E-state index in [-0.39, 0.29) is 11.7 Å². The smallest absolute Gasteiger partial charge is 0.292 e. The molecule has 19 heavy (non-hydrogen) atoms. The van der Waals surface area contributed by atoms with E-state index in [4.69, 9.17) is 4.52 Å². The van der Waals surface area contributed by atoms with Crippen molar-refractivity contribution in [3.63, 3.8) is 0 Å². The van der Waals surface area contributed by atoms with Gasteiger partial charge in [-0.25, -0.2) is 0 Å². The number of nitrogens with one attached hydrogen (secondary N) is 2. The first kappa shape index (κ1) is 11.9. The van der Waals surface area contributed by atoms with Crippen LogP contribution in [0.25, 0.3) is 11.5 Å². The van der Waals surface area contributed by atoms with Crippen LogP contribution in [-0.4, -0.2) is 22.6 Å². The summed E-state index contributed by atoms with van der Waals surface area (Å²) in [4.78, 5) is 15.7. The van der Waals surface area contributed by atoms with Crippen molar-refractivity contribution in [2.45, 2.75) is 20.0 Å². The van der Waals surface area contributed by atoms with Crippen molar-refractivity contribution < 1.29 is 9.32 Å². The van der Waals surface area contributed by atoms with Gasteiger partial charge in [-0.3, -0.25) is 4.79 Å². The number of hydrogen-bond donors (Lipinski definition) is 2. The number of fused-ring (bicyclic) bond motifs is 1. The highest BCUT2D eigenvalue weighted by molar-refractivity contribution is 5.90. The van der Waals surface area contributed by atoms with Crippen molar-refractivity contribution in [2.75, 3.05) is 6.54 Å². The summed E-state index contributed by atoms with van der Waals surface area (Å²) in [5.41, 5.74) is 3.35. The van der Waals surface area contributed by atoms with E-state index < -0.39 is 0 Å². The molecular weight excluding hydrogens is 244 g/mol. The van der Waals surface area contributed by atoms with Gasteiger partial charge in [0.2, 0.25) is 0 Å². The van der Waals surface area contributed by atoms with Gasteiger partial charge in [-0.1, -0.05) is 11.2 Å². The largest absolute Gasteiger partial charge is 0.349 e. The molecule has 0 spiro atoms. The Labute approximate surface area is 110 Å². The van der Waals surface area contributed by atoms with Gasteiger partial charge in [0.1, 0.15) is 0 Å².